The van der Waals surface area contributed by atoms with Crippen LogP contribution in [-0.4, -0.2) is 21.4 Å². The standard InChI is InChI=1S/C10H20N4S/c1-6(2)9-13-10(15-14-9)12-8(4)5-7(3)11/h6-8H,5,11H2,1-4H3,(H,12,13,14). The minimum absolute atomic E-state index is 0.213. The molecule has 0 saturated heterocycles. The molecule has 0 bridgehead atoms. The molecule has 1 aromatic heterocycles. The summed E-state index contributed by atoms with van der Waals surface area (Å²) in [7, 11) is 0. The van der Waals surface area contributed by atoms with Crippen LogP contribution in [0, 0.1) is 0 Å². The highest BCUT2D eigenvalue weighted by molar-refractivity contribution is 7.09. The number of anilines is 1. The third kappa shape index (κ3) is 4.13. The Labute approximate surface area is 95.5 Å². The lowest BCUT2D eigenvalue weighted by molar-refractivity contribution is 0.604. The predicted octanol–water partition coefficient (Wildman–Crippen LogP) is 2.20. The summed E-state index contributed by atoms with van der Waals surface area (Å²) < 4.78 is 4.28. The number of nitrogens with zero attached hydrogens (tertiary/aromatic N) is 2. The van der Waals surface area contributed by atoms with Crippen molar-refractivity contribution in [3.63, 3.8) is 0 Å². The van der Waals surface area contributed by atoms with Crippen molar-refractivity contribution in [3.8, 4) is 0 Å². The molecule has 0 aromatic carbocycles. The molecule has 0 aliphatic heterocycles. The molecule has 86 valence electrons. The molecule has 4 nitrogen and oxygen atoms in total. The summed E-state index contributed by atoms with van der Waals surface area (Å²) in [5, 5.41) is 4.21. The average molecular weight is 228 g/mol. The van der Waals surface area contributed by atoms with E-state index in [1.807, 2.05) is 6.92 Å². The molecule has 3 N–H and O–H groups in total. The van der Waals surface area contributed by atoms with Gasteiger partial charge in [0.15, 0.2) is 0 Å². The predicted molar refractivity (Wildman–Crippen MR) is 65.3 cm³/mol. The van der Waals surface area contributed by atoms with Crippen molar-refractivity contribution in [1.29, 1.82) is 0 Å². The van der Waals surface area contributed by atoms with Crippen LogP contribution in [0.25, 0.3) is 0 Å². The van der Waals surface area contributed by atoms with Gasteiger partial charge in [-0.25, -0.2) is 4.98 Å². The van der Waals surface area contributed by atoms with Gasteiger partial charge in [-0.15, -0.1) is 0 Å². The highest BCUT2D eigenvalue weighted by Crippen LogP contribution is 2.18. The van der Waals surface area contributed by atoms with Crippen molar-refractivity contribution < 1.29 is 0 Å². The molecule has 0 radical (unpaired) electrons. The zero-order chi connectivity index (χ0) is 11.4. The number of nitrogens with two attached hydrogens (primary N) is 1. The van der Waals surface area contributed by atoms with Gasteiger partial charge in [0.1, 0.15) is 5.82 Å². The number of rotatable bonds is 5. The number of aromatic nitrogens is 2. The first-order valence-electron chi connectivity index (χ1n) is 5.34. The molecule has 0 saturated carbocycles. The van der Waals surface area contributed by atoms with Crippen LogP contribution >= 0.6 is 11.5 Å². The lowest BCUT2D eigenvalue weighted by Crippen LogP contribution is -2.26. The van der Waals surface area contributed by atoms with Gasteiger partial charge < -0.3 is 11.1 Å². The normalized spacial score (nSPS) is 15.3. The summed E-state index contributed by atoms with van der Waals surface area (Å²) in [6.07, 6.45) is 0.941. The van der Waals surface area contributed by atoms with Crippen LogP contribution in [-0.2, 0) is 0 Å². The number of nitrogens with one attached hydrogen (secondary N) is 1. The molecule has 1 rings (SSSR count). The first-order valence-corrected chi connectivity index (χ1v) is 6.12. The molecule has 2 atom stereocenters. The molecule has 5 heteroatoms. The van der Waals surface area contributed by atoms with Gasteiger partial charge in [-0.05, 0) is 20.3 Å². The second-order valence-corrected chi connectivity index (χ2v) is 5.12. The SMILES string of the molecule is CC(N)CC(C)Nc1nc(C(C)C)ns1. The second kappa shape index (κ2) is 5.42. The lowest BCUT2D eigenvalue weighted by Gasteiger charge is -2.14. The van der Waals surface area contributed by atoms with Gasteiger partial charge in [0, 0.05) is 29.5 Å². The highest BCUT2D eigenvalue weighted by atomic mass is 32.1. The summed E-state index contributed by atoms with van der Waals surface area (Å²) in [6.45, 7) is 8.31. The summed E-state index contributed by atoms with van der Waals surface area (Å²) >= 11 is 1.42. The van der Waals surface area contributed by atoms with Crippen molar-refractivity contribution in [1.82, 2.24) is 9.36 Å². The van der Waals surface area contributed by atoms with Crippen molar-refractivity contribution >= 4 is 16.7 Å². The fourth-order valence-electron chi connectivity index (χ4n) is 1.36. The van der Waals surface area contributed by atoms with Gasteiger partial charge in [-0.3, -0.25) is 0 Å². The summed E-state index contributed by atoms with van der Waals surface area (Å²) in [4.78, 5) is 4.41. The van der Waals surface area contributed by atoms with E-state index in [0.29, 0.717) is 12.0 Å². The van der Waals surface area contributed by atoms with Crippen LogP contribution in [0.5, 0.6) is 0 Å². The van der Waals surface area contributed by atoms with Crippen LogP contribution in [0.1, 0.15) is 45.9 Å². The van der Waals surface area contributed by atoms with E-state index < -0.39 is 0 Å². The minimum Gasteiger partial charge on any atom is -0.358 e. The fraction of sp³-hybridized carbons (Fsp3) is 0.800. The summed E-state index contributed by atoms with van der Waals surface area (Å²) in [5.41, 5.74) is 5.73. The molecule has 0 amide bonds. The Morgan fingerprint density at radius 1 is 1.33 bits per heavy atom. The van der Waals surface area contributed by atoms with E-state index in [1.165, 1.54) is 11.5 Å². The summed E-state index contributed by atoms with van der Waals surface area (Å²) in [6, 6.07) is 0.558. The van der Waals surface area contributed by atoms with Crippen LogP contribution < -0.4 is 11.1 Å². The Balaban J connectivity index is 2.49. The van der Waals surface area contributed by atoms with E-state index >= 15 is 0 Å². The van der Waals surface area contributed by atoms with E-state index in [1.54, 1.807) is 0 Å². The highest BCUT2D eigenvalue weighted by Gasteiger charge is 2.10. The molecular formula is C10H20N4S. The van der Waals surface area contributed by atoms with Gasteiger partial charge in [0.05, 0.1) is 0 Å². The molecule has 0 aliphatic carbocycles. The van der Waals surface area contributed by atoms with E-state index in [-0.39, 0.29) is 6.04 Å². The van der Waals surface area contributed by atoms with Gasteiger partial charge in [-0.1, -0.05) is 13.8 Å². The monoisotopic (exact) mass is 228 g/mol. The molecule has 1 heterocycles. The largest absolute Gasteiger partial charge is 0.358 e. The molecular weight excluding hydrogens is 208 g/mol. The van der Waals surface area contributed by atoms with Gasteiger partial charge in [-0.2, -0.15) is 4.37 Å². The van der Waals surface area contributed by atoms with Gasteiger partial charge in [0.25, 0.3) is 0 Å². The van der Waals surface area contributed by atoms with Crippen molar-refractivity contribution in [2.45, 2.75) is 52.1 Å². The third-order valence-corrected chi connectivity index (χ3v) is 2.71. The maximum atomic E-state index is 5.73. The fourth-order valence-corrected chi connectivity index (χ4v) is 2.18. The zero-order valence-corrected chi connectivity index (χ0v) is 10.6. The van der Waals surface area contributed by atoms with Crippen molar-refractivity contribution in [2.24, 2.45) is 5.73 Å². The quantitative estimate of drug-likeness (QED) is 0.811. The van der Waals surface area contributed by atoms with Crippen LogP contribution in [0.4, 0.5) is 5.13 Å². The van der Waals surface area contributed by atoms with Crippen LogP contribution in [0.15, 0.2) is 0 Å². The van der Waals surface area contributed by atoms with Crippen LogP contribution in [0.3, 0.4) is 0 Å². The first kappa shape index (κ1) is 12.4. The van der Waals surface area contributed by atoms with Gasteiger partial charge in [0.2, 0.25) is 5.13 Å². The van der Waals surface area contributed by atoms with E-state index in [9.17, 15) is 0 Å². The molecule has 0 spiro atoms. The second-order valence-electron chi connectivity index (χ2n) is 4.37. The molecule has 15 heavy (non-hydrogen) atoms. The molecule has 0 aliphatic rings. The van der Waals surface area contributed by atoms with Crippen LogP contribution in [0.2, 0.25) is 0 Å². The minimum atomic E-state index is 0.213. The Kier molecular flexibility index (Phi) is 4.47. The lowest BCUT2D eigenvalue weighted by atomic mass is 10.1. The van der Waals surface area contributed by atoms with Crippen molar-refractivity contribution in [3.05, 3.63) is 5.82 Å². The Hall–Kier alpha value is -0.680. The number of hydrogen-bond acceptors (Lipinski definition) is 5. The third-order valence-electron chi connectivity index (χ3n) is 2.05. The van der Waals surface area contributed by atoms with E-state index in [0.717, 1.165) is 17.4 Å². The maximum Gasteiger partial charge on any atom is 0.202 e. The Bertz CT molecular complexity index is 295. The Morgan fingerprint density at radius 3 is 2.47 bits per heavy atom. The first-order chi connectivity index (χ1) is 6.99. The average Bonchev–Trinajstić information content (AvgIpc) is 2.50. The summed E-state index contributed by atoms with van der Waals surface area (Å²) in [5.74, 6) is 1.30. The zero-order valence-electron chi connectivity index (χ0n) is 9.82. The van der Waals surface area contributed by atoms with E-state index in [4.69, 9.17) is 5.73 Å². The number of hydrogen-bond donors (Lipinski definition) is 2. The molecule has 2 unspecified atom stereocenters. The topological polar surface area (TPSA) is 63.8 Å². The van der Waals surface area contributed by atoms with Gasteiger partial charge >= 0.3 is 0 Å². The maximum absolute atomic E-state index is 5.73. The molecule has 0 fully saturated rings. The smallest absolute Gasteiger partial charge is 0.202 e. The van der Waals surface area contributed by atoms with Crippen molar-refractivity contribution in [2.75, 3.05) is 5.32 Å². The van der Waals surface area contributed by atoms with E-state index in [2.05, 4.69) is 35.4 Å². The Morgan fingerprint density at radius 2 is 2.00 bits per heavy atom. The molecule has 1 aromatic rings.